The second-order valence-electron chi connectivity index (χ2n) is 7.32. The summed E-state index contributed by atoms with van der Waals surface area (Å²) in [5.41, 5.74) is 12.3. The number of aromatic nitrogens is 3. The molecule has 0 radical (unpaired) electrons. The fourth-order valence-corrected chi connectivity index (χ4v) is 3.81. The number of fused-ring (bicyclic) bond motifs is 1. The normalized spacial score (nSPS) is 15.0. The van der Waals surface area contributed by atoms with E-state index in [-0.39, 0.29) is 0 Å². The lowest BCUT2D eigenvalue weighted by Gasteiger charge is -2.18. The SMILES string of the molecule is Cc1ccc(-n2c(C)cc3c2CCC/C3=N/Nc2nc(C)cc(C)n2)cc1. The number of hydrogen-bond donors (Lipinski definition) is 1. The summed E-state index contributed by atoms with van der Waals surface area (Å²) in [7, 11) is 0. The molecule has 0 saturated heterocycles. The minimum absolute atomic E-state index is 0.557. The van der Waals surface area contributed by atoms with Gasteiger partial charge in [-0.15, -0.1) is 0 Å². The molecule has 0 saturated carbocycles. The van der Waals surface area contributed by atoms with Crippen LogP contribution in [0.2, 0.25) is 0 Å². The third-order valence-corrected chi connectivity index (χ3v) is 4.99. The topological polar surface area (TPSA) is 55.1 Å². The van der Waals surface area contributed by atoms with Gasteiger partial charge in [-0.2, -0.15) is 5.10 Å². The molecule has 4 rings (SSSR count). The van der Waals surface area contributed by atoms with Gasteiger partial charge in [0.1, 0.15) is 0 Å². The Kier molecular flexibility index (Phi) is 4.52. The van der Waals surface area contributed by atoms with Gasteiger partial charge in [0.05, 0.1) is 5.71 Å². The van der Waals surface area contributed by atoms with Crippen LogP contribution >= 0.6 is 0 Å². The van der Waals surface area contributed by atoms with Crippen molar-refractivity contribution < 1.29 is 0 Å². The number of rotatable bonds is 3. The van der Waals surface area contributed by atoms with Gasteiger partial charge in [0.15, 0.2) is 0 Å². The number of anilines is 1. The van der Waals surface area contributed by atoms with Crippen LogP contribution in [0.3, 0.4) is 0 Å². The van der Waals surface area contributed by atoms with Crippen molar-refractivity contribution in [2.75, 3.05) is 5.43 Å². The Balaban J connectivity index is 1.69. The summed E-state index contributed by atoms with van der Waals surface area (Å²) in [6, 6.07) is 12.9. The van der Waals surface area contributed by atoms with E-state index in [0.29, 0.717) is 5.95 Å². The number of hydrogen-bond acceptors (Lipinski definition) is 4. The quantitative estimate of drug-likeness (QED) is 0.692. The Labute approximate surface area is 160 Å². The standard InChI is InChI=1S/C22H25N5/c1-14-8-10-18(11-9-14)27-17(4)13-19-20(6-5-7-21(19)27)25-26-22-23-15(2)12-16(3)24-22/h8-13H,5-7H2,1-4H3,(H,23,24,26)/b25-20-. The van der Waals surface area contributed by atoms with Gasteiger partial charge in [0.25, 0.3) is 0 Å². The van der Waals surface area contributed by atoms with Crippen LogP contribution < -0.4 is 5.43 Å². The van der Waals surface area contributed by atoms with E-state index in [4.69, 9.17) is 0 Å². The van der Waals surface area contributed by atoms with Gasteiger partial charge in [-0.25, -0.2) is 15.4 Å². The van der Waals surface area contributed by atoms with Crippen LogP contribution in [-0.4, -0.2) is 20.2 Å². The highest BCUT2D eigenvalue weighted by molar-refractivity contribution is 6.03. The molecule has 1 aliphatic rings. The Morgan fingerprint density at radius 3 is 2.33 bits per heavy atom. The third-order valence-electron chi connectivity index (χ3n) is 4.99. The van der Waals surface area contributed by atoms with Gasteiger partial charge < -0.3 is 4.57 Å². The van der Waals surface area contributed by atoms with Crippen molar-refractivity contribution in [3.63, 3.8) is 0 Å². The monoisotopic (exact) mass is 359 g/mol. The van der Waals surface area contributed by atoms with Crippen molar-refractivity contribution in [1.29, 1.82) is 0 Å². The molecule has 5 heteroatoms. The number of nitrogens with one attached hydrogen (secondary N) is 1. The van der Waals surface area contributed by atoms with Gasteiger partial charge in [0.2, 0.25) is 5.95 Å². The first-order valence-corrected chi connectivity index (χ1v) is 9.45. The smallest absolute Gasteiger partial charge is 0.243 e. The summed E-state index contributed by atoms with van der Waals surface area (Å²) >= 11 is 0. The van der Waals surface area contributed by atoms with Gasteiger partial charge in [-0.1, -0.05) is 17.7 Å². The summed E-state index contributed by atoms with van der Waals surface area (Å²) in [6.07, 6.45) is 3.12. The van der Waals surface area contributed by atoms with Crippen LogP contribution in [0.4, 0.5) is 5.95 Å². The van der Waals surface area contributed by atoms with Crippen LogP contribution in [0.1, 0.15) is 46.7 Å². The summed E-state index contributed by atoms with van der Waals surface area (Å²) < 4.78 is 2.36. The van der Waals surface area contributed by atoms with Crippen LogP contribution in [0.15, 0.2) is 41.5 Å². The highest BCUT2D eigenvalue weighted by Gasteiger charge is 2.22. The minimum Gasteiger partial charge on any atom is -0.318 e. The fourth-order valence-electron chi connectivity index (χ4n) is 3.81. The van der Waals surface area contributed by atoms with E-state index in [1.807, 2.05) is 19.9 Å². The first-order valence-electron chi connectivity index (χ1n) is 9.45. The first kappa shape index (κ1) is 17.5. The molecule has 2 heterocycles. The zero-order valence-electron chi connectivity index (χ0n) is 16.4. The molecule has 1 aliphatic carbocycles. The van der Waals surface area contributed by atoms with Gasteiger partial charge in [0, 0.05) is 34.0 Å². The molecule has 0 bridgehead atoms. The zero-order valence-corrected chi connectivity index (χ0v) is 16.4. The lowest BCUT2D eigenvalue weighted by molar-refractivity contribution is 0.778. The van der Waals surface area contributed by atoms with Crippen molar-refractivity contribution >= 4 is 11.7 Å². The molecular weight excluding hydrogens is 334 g/mol. The van der Waals surface area contributed by atoms with Crippen molar-refractivity contribution in [1.82, 2.24) is 14.5 Å². The molecule has 3 aromatic rings. The maximum Gasteiger partial charge on any atom is 0.243 e. The lowest BCUT2D eigenvalue weighted by atomic mass is 9.96. The Morgan fingerprint density at radius 1 is 0.926 bits per heavy atom. The number of nitrogens with zero attached hydrogens (tertiary/aromatic N) is 4. The number of hydrazone groups is 1. The Hall–Kier alpha value is -2.95. The molecule has 27 heavy (non-hydrogen) atoms. The molecule has 0 fully saturated rings. The molecule has 0 atom stereocenters. The number of benzene rings is 1. The van der Waals surface area contributed by atoms with E-state index in [1.165, 1.54) is 28.2 Å². The summed E-state index contributed by atoms with van der Waals surface area (Å²) in [5, 5.41) is 4.67. The average Bonchev–Trinajstić information content (AvgIpc) is 2.96. The zero-order chi connectivity index (χ0) is 19.0. The summed E-state index contributed by atoms with van der Waals surface area (Å²) in [4.78, 5) is 8.84. The van der Waals surface area contributed by atoms with Gasteiger partial charge >= 0.3 is 0 Å². The molecular formula is C22H25N5. The van der Waals surface area contributed by atoms with E-state index in [9.17, 15) is 0 Å². The largest absolute Gasteiger partial charge is 0.318 e. The highest BCUT2D eigenvalue weighted by atomic mass is 15.4. The summed E-state index contributed by atoms with van der Waals surface area (Å²) in [6.45, 7) is 8.22. The molecule has 138 valence electrons. The molecule has 1 N–H and O–H groups in total. The number of aryl methyl sites for hydroxylation is 4. The molecule has 0 unspecified atom stereocenters. The van der Waals surface area contributed by atoms with E-state index < -0.39 is 0 Å². The van der Waals surface area contributed by atoms with E-state index in [0.717, 1.165) is 36.4 Å². The fraction of sp³-hybridized carbons (Fsp3) is 0.318. The summed E-state index contributed by atoms with van der Waals surface area (Å²) in [5.74, 6) is 0.557. The minimum atomic E-state index is 0.557. The van der Waals surface area contributed by atoms with E-state index in [1.54, 1.807) is 0 Å². The van der Waals surface area contributed by atoms with E-state index >= 15 is 0 Å². The molecule has 0 amide bonds. The van der Waals surface area contributed by atoms with Crippen molar-refractivity contribution in [2.24, 2.45) is 5.10 Å². The lowest BCUT2D eigenvalue weighted by Crippen LogP contribution is -2.15. The second kappa shape index (κ2) is 6.99. The maximum atomic E-state index is 4.67. The van der Waals surface area contributed by atoms with Crippen LogP contribution in [0, 0.1) is 27.7 Å². The van der Waals surface area contributed by atoms with Crippen molar-refractivity contribution in [2.45, 2.75) is 47.0 Å². The van der Waals surface area contributed by atoms with Crippen LogP contribution in [0.25, 0.3) is 5.69 Å². The molecule has 5 nitrogen and oxygen atoms in total. The molecule has 2 aromatic heterocycles. The predicted octanol–water partition coefficient (Wildman–Crippen LogP) is 4.65. The van der Waals surface area contributed by atoms with Gasteiger partial charge in [-0.3, -0.25) is 0 Å². The van der Waals surface area contributed by atoms with Crippen LogP contribution in [0.5, 0.6) is 0 Å². The molecule has 1 aromatic carbocycles. The molecule has 0 aliphatic heterocycles. The third kappa shape index (κ3) is 3.50. The van der Waals surface area contributed by atoms with Gasteiger partial charge in [-0.05, 0) is 71.2 Å². The second-order valence-corrected chi connectivity index (χ2v) is 7.32. The highest BCUT2D eigenvalue weighted by Crippen LogP contribution is 2.28. The molecule has 0 spiro atoms. The first-order chi connectivity index (χ1) is 13.0. The predicted molar refractivity (Wildman–Crippen MR) is 110 cm³/mol. The van der Waals surface area contributed by atoms with Crippen molar-refractivity contribution in [3.05, 3.63) is 70.3 Å². The Bertz CT molecular complexity index is 992. The van der Waals surface area contributed by atoms with Crippen LogP contribution in [-0.2, 0) is 6.42 Å². The maximum absolute atomic E-state index is 4.67. The van der Waals surface area contributed by atoms with E-state index in [2.05, 4.69) is 69.2 Å². The van der Waals surface area contributed by atoms with Crippen molar-refractivity contribution in [3.8, 4) is 5.69 Å². The average molecular weight is 359 g/mol. The Morgan fingerprint density at radius 2 is 1.63 bits per heavy atom.